The van der Waals surface area contributed by atoms with Crippen LogP contribution >= 0.6 is 11.6 Å². The van der Waals surface area contributed by atoms with Gasteiger partial charge in [0.25, 0.3) is 0 Å². The summed E-state index contributed by atoms with van der Waals surface area (Å²) in [5, 5.41) is 22.7. The van der Waals surface area contributed by atoms with E-state index in [4.69, 9.17) is 25.8 Å². The van der Waals surface area contributed by atoms with Crippen molar-refractivity contribution in [1.82, 2.24) is 5.32 Å². The van der Waals surface area contributed by atoms with Crippen LogP contribution < -0.4 is 5.32 Å². The van der Waals surface area contributed by atoms with E-state index in [-0.39, 0.29) is 35.1 Å². The number of nitrogens with one attached hydrogen (secondary N) is 1. The molecule has 28 heavy (non-hydrogen) atoms. The fourth-order valence-corrected chi connectivity index (χ4v) is 3.30. The summed E-state index contributed by atoms with van der Waals surface area (Å²) in [7, 11) is 2.91. The number of hydrogen-bond acceptors (Lipinski definition) is 6. The number of halogens is 1. The smallest absolute Gasteiger partial charge is 0.334 e. The van der Waals surface area contributed by atoms with Gasteiger partial charge < -0.3 is 29.7 Å². The highest BCUT2D eigenvalue weighted by Gasteiger charge is 2.38. The third kappa shape index (κ3) is 4.71. The van der Waals surface area contributed by atoms with Crippen molar-refractivity contribution >= 4 is 23.5 Å². The summed E-state index contributed by atoms with van der Waals surface area (Å²) in [6, 6.07) is 6.57. The number of dihydropyridines is 1. The van der Waals surface area contributed by atoms with Crippen LogP contribution in [0.2, 0.25) is 5.02 Å². The molecule has 0 spiro atoms. The first-order valence-corrected chi connectivity index (χ1v) is 8.74. The summed E-state index contributed by atoms with van der Waals surface area (Å²) in [4.78, 5) is 24.0. The molecule has 1 atom stereocenters. The number of allylic oxidation sites excluding steroid dienone is 1. The Bertz CT molecular complexity index is 814. The van der Waals surface area contributed by atoms with Crippen LogP contribution in [-0.2, 0) is 23.8 Å². The van der Waals surface area contributed by atoms with Crippen molar-refractivity contribution in [2.45, 2.75) is 19.1 Å². The summed E-state index contributed by atoms with van der Waals surface area (Å²) < 4.78 is 15.6. The third-order valence-corrected chi connectivity index (χ3v) is 4.69. The zero-order valence-electron chi connectivity index (χ0n) is 15.7. The van der Waals surface area contributed by atoms with Crippen LogP contribution in [0.4, 0.5) is 0 Å². The Balaban J connectivity index is 2.49. The Labute approximate surface area is 167 Å². The minimum Gasteiger partial charge on any atom is -0.478 e. The predicted octanol–water partition coefficient (Wildman–Crippen LogP) is 2.36. The largest absolute Gasteiger partial charge is 0.478 e. The van der Waals surface area contributed by atoms with Crippen LogP contribution in [0, 0.1) is 0 Å². The fourth-order valence-electron chi connectivity index (χ4n) is 3.06. The molecule has 152 valence electrons. The van der Waals surface area contributed by atoms with Crippen molar-refractivity contribution in [2.24, 2.45) is 0 Å². The first-order chi connectivity index (χ1) is 13.3. The number of aliphatic carboxylic acids is 2. The molecule has 2 rings (SSSR count). The molecule has 0 saturated heterocycles. The molecule has 1 aliphatic rings. The lowest BCUT2D eigenvalue weighted by molar-refractivity contribution is -0.138. The Kier molecular flexibility index (Phi) is 7.59. The molecule has 0 fully saturated rings. The van der Waals surface area contributed by atoms with E-state index in [9.17, 15) is 19.8 Å². The summed E-state index contributed by atoms with van der Waals surface area (Å²) in [5.74, 6) is -3.55. The van der Waals surface area contributed by atoms with Crippen LogP contribution in [0.15, 0.2) is 46.8 Å². The Hall–Kier alpha value is -2.39. The minimum absolute atomic E-state index is 0.0659. The van der Waals surface area contributed by atoms with Crippen molar-refractivity contribution < 1.29 is 34.0 Å². The number of carboxylic acids is 2. The predicted molar refractivity (Wildman–Crippen MR) is 101 cm³/mol. The maximum absolute atomic E-state index is 12.1. The summed E-state index contributed by atoms with van der Waals surface area (Å²) in [5.41, 5.74) is 0.731. The van der Waals surface area contributed by atoms with Gasteiger partial charge in [0.2, 0.25) is 0 Å². The SMILES string of the molecule is COC(COCC1=C(C(=O)O)C(c2ccccc2Cl)C(C(=O)O)=C(C)N1)OC. The lowest BCUT2D eigenvalue weighted by Gasteiger charge is -2.30. The molecule has 0 bridgehead atoms. The molecule has 1 aromatic rings. The minimum atomic E-state index is -1.27. The van der Waals surface area contributed by atoms with Gasteiger partial charge >= 0.3 is 11.9 Å². The van der Waals surface area contributed by atoms with Crippen molar-refractivity contribution in [3.05, 3.63) is 57.4 Å². The van der Waals surface area contributed by atoms with Crippen molar-refractivity contribution in [3.8, 4) is 0 Å². The molecule has 9 heteroatoms. The molecule has 0 aliphatic carbocycles. The molecule has 1 heterocycles. The molecule has 1 aromatic carbocycles. The lowest BCUT2D eigenvalue weighted by atomic mass is 9.80. The number of methoxy groups -OCH3 is 2. The van der Waals surface area contributed by atoms with Crippen molar-refractivity contribution in [1.29, 1.82) is 0 Å². The number of carbonyl (C=O) groups is 2. The normalized spacial score (nSPS) is 17.1. The summed E-state index contributed by atoms with van der Waals surface area (Å²) >= 11 is 6.26. The van der Waals surface area contributed by atoms with Crippen LogP contribution in [0.1, 0.15) is 18.4 Å². The van der Waals surface area contributed by atoms with Crippen LogP contribution in [-0.4, -0.2) is 55.9 Å². The number of rotatable bonds is 9. The summed E-state index contributed by atoms with van der Waals surface area (Å²) in [6.07, 6.45) is -0.608. The second-order valence-corrected chi connectivity index (χ2v) is 6.44. The Morgan fingerprint density at radius 3 is 2.29 bits per heavy atom. The molecule has 8 nitrogen and oxygen atoms in total. The molecule has 0 aromatic heterocycles. The molecule has 0 radical (unpaired) electrons. The van der Waals surface area contributed by atoms with E-state index in [0.29, 0.717) is 11.3 Å². The standard InChI is InChI=1S/C19H22ClNO7/c1-10-15(18(22)23)16(11-6-4-5-7-12(11)20)17(19(24)25)13(21-10)8-28-9-14(26-2)27-3/h4-7,14,16,21H,8-9H2,1-3H3,(H,22,23)(H,24,25). The van der Waals surface area contributed by atoms with Crippen molar-refractivity contribution in [2.75, 3.05) is 27.4 Å². The van der Waals surface area contributed by atoms with Crippen molar-refractivity contribution in [3.63, 3.8) is 0 Å². The highest BCUT2D eigenvalue weighted by atomic mass is 35.5. The highest BCUT2D eigenvalue weighted by molar-refractivity contribution is 6.31. The average molecular weight is 412 g/mol. The maximum atomic E-state index is 12.1. The van der Waals surface area contributed by atoms with E-state index in [1.54, 1.807) is 31.2 Å². The van der Waals surface area contributed by atoms with E-state index in [0.717, 1.165) is 0 Å². The molecule has 0 amide bonds. The number of carboxylic acid groups (broad SMARTS) is 2. The highest BCUT2D eigenvalue weighted by Crippen LogP contribution is 2.41. The van der Waals surface area contributed by atoms with Gasteiger partial charge in [0.1, 0.15) is 0 Å². The quantitative estimate of drug-likeness (QED) is 0.530. The third-order valence-electron chi connectivity index (χ3n) is 4.35. The molecule has 0 saturated carbocycles. The van der Waals surface area contributed by atoms with Crippen LogP contribution in [0.25, 0.3) is 0 Å². The zero-order valence-corrected chi connectivity index (χ0v) is 16.4. The van der Waals surface area contributed by atoms with Gasteiger partial charge in [0, 0.05) is 24.9 Å². The van der Waals surface area contributed by atoms with Gasteiger partial charge in [0.05, 0.1) is 36.0 Å². The van der Waals surface area contributed by atoms with Gasteiger partial charge in [-0.05, 0) is 18.6 Å². The van der Waals surface area contributed by atoms with E-state index in [1.807, 2.05) is 0 Å². The number of hydrogen-bond donors (Lipinski definition) is 3. The fraction of sp³-hybridized carbons (Fsp3) is 0.368. The zero-order chi connectivity index (χ0) is 20.8. The molecular formula is C19H22ClNO7. The second kappa shape index (κ2) is 9.70. The second-order valence-electron chi connectivity index (χ2n) is 6.04. The molecular weight excluding hydrogens is 390 g/mol. The van der Waals surface area contributed by atoms with E-state index < -0.39 is 24.1 Å². The van der Waals surface area contributed by atoms with Gasteiger partial charge in [0.15, 0.2) is 6.29 Å². The average Bonchev–Trinajstić information content (AvgIpc) is 2.64. The maximum Gasteiger partial charge on any atom is 0.334 e. The van der Waals surface area contributed by atoms with E-state index in [2.05, 4.69) is 5.32 Å². The van der Waals surface area contributed by atoms with Gasteiger partial charge in [-0.2, -0.15) is 0 Å². The van der Waals surface area contributed by atoms with Gasteiger partial charge in [-0.3, -0.25) is 0 Å². The van der Waals surface area contributed by atoms with E-state index in [1.165, 1.54) is 14.2 Å². The number of ether oxygens (including phenoxy) is 3. The van der Waals surface area contributed by atoms with Crippen LogP contribution in [0.3, 0.4) is 0 Å². The lowest BCUT2D eigenvalue weighted by Crippen LogP contribution is -2.34. The topological polar surface area (TPSA) is 114 Å². The first kappa shape index (κ1) is 21.9. The first-order valence-electron chi connectivity index (χ1n) is 8.36. The molecule has 3 N–H and O–H groups in total. The molecule has 1 aliphatic heterocycles. The molecule has 1 unspecified atom stereocenters. The van der Waals surface area contributed by atoms with Gasteiger partial charge in [-0.15, -0.1) is 0 Å². The Morgan fingerprint density at radius 1 is 1.14 bits per heavy atom. The van der Waals surface area contributed by atoms with E-state index >= 15 is 0 Å². The number of benzene rings is 1. The summed E-state index contributed by atoms with van der Waals surface area (Å²) in [6.45, 7) is 1.53. The Morgan fingerprint density at radius 2 is 1.75 bits per heavy atom. The van der Waals surface area contributed by atoms with Gasteiger partial charge in [-0.25, -0.2) is 9.59 Å². The monoisotopic (exact) mass is 411 g/mol. The van der Waals surface area contributed by atoms with Crippen LogP contribution in [0.5, 0.6) is 0 Å². The van der Waals surface area contributed by atoms with Gasteiger partial charge in [-0.1, -0.05) is 29.8 Å².